The first kappa shape index (κ1) is 21.1. The summed E-state index contributed by atoms with van der Waals surface area (Å²) < 4.78 is 33.1. The van der Waals surface area contributed by atoms with Crippen molar-refractivity contribution < 1.29 is 17.9 Å². The molecule has 0 saturated carbocycles. The molecule has 0 bridgehead atoms. The van der Waals surface area contributed by atoms with E-state index in [0.29, 0.717) is 35.8 Å². The standard InChI is InChI=1S/C19H20BrClN2O4S/c1-27-18-9-6-15(11-17(18)21)22-19(24)13-3-2-10-23(12-13)28(25,26)16-7-4-14(20)5-8-16/h4-9,11,13H,2-3,10,12H2,1H3,(H,22,24). The molecule has 1 heterocycles. The number of carbonyl (C=O) groups excluding carboxylic acids is 1. The summed E-state index contributed by atoms with van der Waals surface area (Å²) in [4.78, 5) is 12.9. The van der Waals surface area contributed by atoms with Crippen LogP contribution in [0.2, 0.25) is 5.02 Å². The lowest BCUT2D eigenvalue weighted by Crippen LogP contribution is -2.43. The zero-order valence-corrected chi connectivity index (χ0v) is 18.4. The normalized spacial score (nSPS) is 17.9. The van der Waals surface area contributed by atoms with Crippen molar-refractivity contribution in [2.24, 2.45) is 5.92 Å². The Morgan fingerprint density at radius 1 is 1.25 bits per heavy atom. The van der Waals surface area contributed by atoms with Gasteiger partial charge in [-0.2, -0.15) is 4.31 Å². The Kier molecular flexibility index (Phi) is 6.65. The molecule has 0 radical (unpaired) electrons. The Morgan fingerprint density at radius 3 is 2.61 bits per heavy atom. The van der Waals surface area contributed by atoms with E-state index in [9.17, 15) is 13.2 Å². The van der Waals surface area contributed by atoms with Gasteiger partial charge in [0.2, 0.25) is 15.9 Å². The first-order valence-corrected chi connectivity index (χ1v) is 11.3. The summed E-state index contributed by atoms with van der Waals surface area (Å²) in [5.74, 6) is -0.138. The molecule has 150 valence electrons. The van der Waals surface area contributed by atoms with Crippen LogP contribution >= 0.6 is 27.5 Å². The van der Waals surface area contributed by atoms with E-state index in [2.05, 4.69) is 21.2 Å². The fraction of sp³-hybridized carbons (Fsp3) is 0.316. The van der Waals surface area contributed by atoms with Crippen LogP contribution in [-0.2, 0) is 14.8 Å². The van der Waals surface area contributed by atoms with Gasteiger partial charge >= 0.3 is 0 Å². The number of methoxy groups -OCH3 is 1. The molecule has 1 fully saturated rings. The van der Waals surface area contributed by atoms with Gasteiger partial charge in [0.05, 0.1) is 22.9 Å². The summed E-state index contributed by atoms with van der Waals surface area (Å²) in [6.45, 7) is 0.546. The number of nitrogens with zero attached hydrogens (tertiary/aromatic N) is 1. The van der Waals surface area contributed by atoms with E-state index >= 15 is 0 Å². The zero-order chi connectivity index (χ0) is 20.3. The van der Waals surface area contributed by atoms with Crippen LogP contribution in [0.4, 0.5) is 5.69 Å². The summed E-state index contributed by atoms with van der Waals surface area (Å²) in [7, 11) is -2.12. The van der Waals surface area contributed by atoms with Gasteiger partial charge in [0, 0.05) is 23.2 Å². The van der Waals surface area contributed by atoms with Crippen molar-refractivity contribution in [1.29, 1.82) is 0 Å². The average molecular weight is 488 g/mol. The molecule has 28 heavy (non-hydrogen) atoms. The topological polar surface area (TPSA) is 75.7 Å². The second kappa shape index (κ2) is 8.82. The van der Waals surface area contributed by atoms with Gasteiger partial charge in [-0.15, -0.1) is 0 Å². The molecular formula is C19H20BrClN2O4S. The Morgan fingerprint density at radius 2 is 1.96 bits per heavy atom. The van der Waals surface area contributed by atoms with Gasteiger partial charge in [0.1, 0.15) is 5.75 Å². The molecule has 1 amide bonds. The Hall–Kier alpha value is -1.61. The zero-order valence-electron chi connectivity index (χ0n) is 15.2. The minimum atomic E-state index is -3.64. The highest BCUT2D eigenvalue weighted by atomic mass is 79.9. The van der Waals surface area contributed by atoms with Crippen molar-refractivity contribution in [3.8, 4) is 5.75 Å². The molecule has 0 spiro atoms. The van der Waals surface area contributed by atoms with E-state index < -0.39 is 15.9 Å². The Labute approximate surface area is 178 Å². The minimum absolute atomic E-state index is 0.147. The van der Waals surface area contributed by atoms with Gasteiger partial charge in [0.15, 0.2) is 0 Å². The third-order valence-electron chi connectivity index (χ3n) is 4.63. The second-order valence-corrected chi connectivity index (χ2v) is 9.76. The van der Waals surface area contributed by atoms with Crippen LogP contribution in [0.5, 0.6) is 5.75 Å². The molecule has 1 unspecified atom stereocenters. The maximum Gasteiger partial charge on any atom is 0.243 e. The lowest BCUT2D eigenvalue weighted by molar-refractivity contribution is -0.120. The monoisotopic (exact) mass is 486 g/mol. The van der Waals surface area contributed by atoms with Crippen LogP contribution in [-0.4, -0.2) is 38.8 Å². The number of hydrogen-bond acceptors (Lipinski definition) is 4. The predicted octanol–water partition coefficient (Wildman–Crippen LogP) is 4.15. The number of piperidine rings is 1. The molecule has 9 heteroatoms. The molecule has 1 aliphatic rings. The highest BCUT2D eigenvalue weighted by molar-refractivity contribution is 9.10. The molecule has 0 aromatic heterocycles. The summed E-state index contributed by atoms with van der Waals surface area (Å²) in [6.07, 6.45) is 1.25. The number of ether oxygens (including phenoxy) is 1. The number of amides is 1. The van der Waals surface area contributed by atoms with E-state index in [-0.39, 0.29) is 17.3 Å². The third kappa shape index (κ3) is 4.68. The number of rotatable bonds is 5. The summed E-state index contributed by atoms with van der Waals surface area (Å²) >= 11 is 9.40. The van der Waals surface area contributed by atoms with Crippen molar-refractivity contribution in [2.75, 3.05) is 25.5 Å². The summed E-state index contributed by atoms with van der Waals surface area (Å²) in [5.41, 5.74) is 0.545. The van der Waals surface area contributed by atoms with Crippen molar-refractivity contribution in [3.63, 3.8) is 0 Å². The maximum atomic E-state index is 12.9. The number of sulfonamides is 1. The lowest BCUT2D eigenvalue weighted by Gasteiger charge is -2.31. The largest absolute Gasteiger partial charge is 0.495 e. The first-order chi connectivity index (χ1) is 13.3. The van der Waals surface area contributed by atoms with Gasteiger partial charge in [-0.3, -0.25) is 4.79 Å². The summed E-state index contributed by atoms with van der Waals surface area (Å²) in [5, 5.41) is 3.21. The maximum absolute atomic E-state index is 12.9. The van der Waals surface area contributed by atoms with Crippen LogP contribution in [0.15, 0.2) is 51.8 Å². The molecule has 1 N–H and O–H groups in total. The van der Waals surface area contributed by atoms with E-state index in [0.717, 1.165) is 4.47 Å². The van der Waals surface area contributed by atoms with Crippen molar-refractivity contribution in [3.05, 3.63) is 52.0 Å². The minimum Gasteiger partial charge on any atom is -0.495 e. The van der Waals surface area contributed by atoms with Crippen LogP contribution in [0.1, 0.15) is 12.8 Å². The molecule has 6 nitrogen and oxygen atoms in total. The van der Waals surface area contributed by atoms with Gasteiger partial charge in [-0.1, -0.05) is 27.5 Å². The fourth-order valence-corrected chi connectivity index (χ4v) is 5.16. The SMILES string of the molecule is COc1ccc(NC(=O)C2CCCN(S(=O)(=O)c3ccc(Br)cc3)C2)cc1Cl. The van der Waals surface area contributed by atoms with Gasteiger partial charge in [-0.05, 0) is 55.3 Å². The number of halogens is 2. The second-order valence-electron chi connectivity index (χ2n) is 6.49. The van der Waals surface area contributed by atoms with Gasteiger partial charge in [0.25, 0.3) is 0 Å². The number of benzene rings is 2. The number of nitrogens with one attached hydrogen (secondary N) is 1. The Bertz CT molecular complexity index is 966. The highest BCUT2D eigenvalue weighted by Gasteiger charge is 2.33. The third-order valence-corrected chi connectivity index (χ3v) is 7.33. The van der Waals surface area contributed by atoms with E-state index in [4.69, 9.17) is 16.3 Å². The Balaban J connectivity index is 1.71. The van der Waals surface area contributed by atoms with E-state index in [1.165, 1.54) is 11.4 Å². The number of hydrogen-bond donors (Lipinski definition) is 1. The molecule has 2 aromatic carbocycles. The molecule has 0 aliphatic carbocycles. The van der Waals surface area contributed by atoms with E-state index in [1.54, 1.807) is 42.5 Å². The summed E-state index contributed by atoms with van der Waals surface area (Å²) in [6, 6.07) is 11.5. The molecular weight excluding hydrogens is 468 g/mol. The molecule has 1 aliphatic heterocycles. The smallest absolute Gasteiger partial charge is 0.243 e. The van der Waals surface area contributed by atoms with Gasteiger partial charge in [-0.25, -0.2) is 8.42 Å². The molecule has 2 aromatic rings. The average Bonchev–Trinajstić information content (AvgIpc) is 2.68. The molecule has 3 rings (SSSR count). The van der Waals surface area contributed by atoms with Gasteiger partial charge < -0.3 is 10.1 Å². The number of anilines is 1. The van der Waals surface area contributed by atoms with Crippen molar-refractivity contribution >= 4 is 49.1 Å². The van der Waals surface area contributed by atoms with Crippen molar-refractivity contribution in [1.82, 2.24) is 4.31 Å². The fourth-order valence-electron chi connectivity index (χ4n) is 3.12. The molecule has 1 atom stereocenters. The highest BCUT2D eigenvalue weighted by Crippen LogP contribution is 2.29. The van der Waals surface area contributed by atoms with Crippen LogP contribution in [0.3, 0.4) is 0 Å². The van der Waals surface area contributed by atoms with Crippen LogP contribution in [0.25, 0.3) is 0 Å². The van der Waals surface area contributed by atoms with Crippen molar-refractivity contribution in [2.45, 2.75) is 17.7 Å². The molecule has 1 saturated heterocycles. The van der Waals surface area contributed by atoms with Crippen LogP contribution < -0.4 is 10.1 Å². The van der Waals surface area contributed by atoms with E-state index in [1.807, 2.05) is 0 Å². The predicted molar refractivity (Wildman–Crippen MR) is 112 cm³/mol. The lowest BCUT2D eigenvalue weighted by atomic mass is 9.98. The first-order valence-electron chi connectivity index (χ1n) is 8.71. The van der Waals surface area contributed by atoms with Crippen LogP contribution in [0, 0.1) is 5.92 Å². The number of carbonyl (C=O) groups is 1. The quantitative estimate of drug-likeness (QED) is 0.687.